The second-order valence-corrected chi connectivity index (χ2v) is 6.95. The van der Waals surface area contributed by atoms with Crippen LogP contribution >= 0.6 is 35.3 Å². The van der Waals surface area contributed by atoms with Crippen molar-refractivity contribution in [3.63, 3.8) is 0 Å². The minimum absolute atomic E-state index is 0. The van der Waals surface area contributed by atoms with E-state index in [1.807, 2.05) is 18.2 Å². The molecule has 1 aromatic heterocycles. The molecule has 2 heterocycles. The Morgan fingerprint density at radius 1 is 1.50 bits per heavy atom. The number of benzene rings is 1. The van der Waals surface area contributed by atoms with Crippen LogP contribution in [0.4, 0.5) is 0 Å². The smallest absolute Gasteiger partial charge is 0.220 e. The van der Waals surface area contributed by atoms with Gasteiger partial charge in [-0.15, -0.1) is 23.7 Å². The van der Waals surface area contributed by atoms with Gasteiger partial charge in [-0.25, -0.2) is 4.98 Å². The molecular weight excluding hydrogens is 341 g/mol. The number of halogens is 2. The summed E-state index contributed by atoms with van der Waals surface area (Å²) in [5.74, 6) is 0.763. The van der Waals surface area contributed by atoms with Gasteiger partial charge >= 0.3 is 0 Å². The number of hydrogen-bond donors (Lipinski definition) is 2. The zero-order valence-corrected chi connectivity index (χ0v) is 14.5. The predicted octanol–water partition coefficient (Wildman–Crippen LogP) is 3.38. The summed E-state index contributed by atoms with van der Waals surface area (Å²) < 4.78 is 1.10. The number of nitrogens with one attached hydrogen (secondary N) is 2. The van der Waals surface area contributed by atoms with Crippen LogP contribution in [0.2, 0.25) is 5.02 Å². The van der Waals surface area contributed by atoms with Crippen molar-refractivity contribution in [2.24, 2.45) is 5.92 Å². The normalized spacial score (nSPS) is 17.4. The highest BCUT2D eigenvalue weighted by Crippen LogP contribution is 2.24. The maximum Gasteiger partial charge on any atom is 0.220 e. The molecule has 22 heavy (non-hydrogen) atoms. The zero-order chi connectivity index (χ0) is 14.7. The lowest BCUT2D eigenvalue weighted by atomic mass is 10.0. The number of nitrogens with zero attached hydrogens (tertiary/aromatic N) is 1. The molecule has 3 rings (SSSR count). The summed E-state index contributed by atoms with van der Waals surface area (Å²) >= 11 is 7.55. The third-order valence-electron chi connectivity index (χ3n) is 3.77. The first-order chi connectivity index (χ1) is 10.2. The van der Waals surface area contributed by atoms with Gasteiger partial charge in [0, 0.05) is 11.4 Å². The summed E-state index contributed by atoms with van der Waals surface area (Å²) in [5.41, 5.74) is 0.897. The summed E-state index contributed by atoms with van der Waals surface area (Å²) in [6.45, 7) is 2.63. The molecule has 1 fully saturated rings. The first-order valence-corrected chi connectivity index (χ1v) is 8.42. The van der Waals surface area contributed by atoms with Crippen molar-refractivity contribution >= 4 is 51.5 Å². The Labute approximate surface area is 145 Å². The van der Waals surface area contributed by atoms with Crippen LogP contribution < -0.4 is 10.6 Å². The number of thiazole rings is 1. The molecule has 0 bridgehead atoms. The van der Waals surface area contributed by atoms with Gasteiger partial charge in [0.25, 0.3) is 0 Å². The summed E-state index contributed by atoms with van der Waals surface area (Å²) in [4.78, 5) is 16.4. The van der Waals surface area contributed by atoms with Crippen LogP contribution in [0.15, 0.2) is 18.2 Å². The van der Waals surface area contributed by atoms with E-state index in [0.29, 0.717) is 23.9 Å². The van der Waals surface area contributed by atoms with E-state index in [0.717, 1.165) is 34.7 Å². The van der Waals surface area contributed by atoms with E-state index >= 15 is 0 Å². The number of rotatable bonds is 5. The molecule has 0 radical (unpaired) electrons. The maximum absolute atomic E-state index is 11.9. The second kappa shape index (κ2) is 8.11. The molecule has 120 valence electrons. The van der Waals surface area contributed by atoms with Crippen LogP contribution in [0.1, 0.15) is 24.3 Å². The van der Waals surface area contributed by atoms with E-state index in [1.54, 1.807) is 11.3 Å². The van der Waals surface area contributed by atoms with Crippen molar-refractivity contribution < 1.29 is 4.79 Å². The van der Waals surface area contributed by atoms with Gasteiger partial charge in [0.05, 0.1) is 16.8 Å². The molecule has 2 N–H and O–H groups in total. The SMILES string of the molecule is Cl.O=C(CCC1CCNC1)NCc1nc2cc(Cl)ccc2s1. The summed E-state index contributed by atoms with van der Waals surface area (Å²) in [6.07, 6.45) is 2.75. The molecule has 7 heteroatoms. The first kappa shape index (κ1) is 17.5. The molecule has 0 spiro atoms. The van der Waals surface area contributed by atoms with Crippen LogP contribution in [-0.2, 0) is 11.3 Å². The lowest BCUT2D eigenvalue weighted by molar-refractivity contribution is -0.121. The van der Waals surface area contributed by atoms with E-state index < -0.39 is 0 Å². The van der Waals surface area contributed by atoms with Gasteiger partial charge in [-0.05, 0) is 50.0 Å². The quantitative estimate of drug-likeness (QED) is 0.860. The molecule has 1 aliphatic heterocycles. The van der Waals surface area contributed by atoms with Crippen LogP contribution in [0.5, 0.6) is 0 Å². The van der Waals surface area contributed by atoms with E-state index in [9.17, 15) is 4.79 Å². The van der Waals surface area contributed by atoms with Crippen LogP contribution in [0.3, 0.4) is 0 Å². The third kappa shape index (κ3) is 4.56. The summed E-state index contributed by atoms with van der Waals surface area (Å²) in [6, 6.07) is 5.68. The van der Waals surface area contributed by atoms with Crippen LogP contribution in [-0.4, -0.2) is 24.0 Å². The number of hydrogen-bond acceptors (Lipinski definition) is 4. The van der Waals surface area contributed by atoms with Gasteiger partial charge < -0.3 is 10.6 Å². The molecule has 2 aromatic rings. The second-order valence-electron chi connectivity index (χ2n) is 5.39. The highest BCUT2D eigenvalue weighted by atomic mass is 35.5. The van der Waals surface area contributed by atoms with Gasteiger partial charge in [0.1, 0.15) is 5.01 Å². The molecule has 1 unspecified atom stereocenters. The molecule has 4 nitrogen and oxygen atoms in total. The van der Waals surface area contributed by atoms with Gasteiger partial charge in [-0.3, -0.25) is 4.79 Å². The monoisotopic (exact) mass is 359 g/mol. The van der Waals surface area contributed by atoms with Crippen molar-refractivity contribution in [3.8, 4) is 0 Å². The number of fused-ring (bicyclic) bond motifs is 1. The largest absolute Gasteiger partial charge is 0.350 e. The summed E-state index contributed by atoms with van der Waals surface area (Å²) in [5, 5.41) is 7.88. The highest BCUT2D eigenvalue weighted by molar-refractivity contribution is 7.18. The molecule has 0 aliphatic carbocycles. The molecule has 1 saturated heterocycles. The molecule has 1 atom stereocenters. The van der Waals surface area contributed by atoms with E-state index in [2.05, 4.69) is 15.6 Å². The van der Waals surface area contributed by atoms with E-state index in [4.69, 9.17) is 11.6 Å². The van der Waals surface area contributed by atoms with Gasteiger partial charge in [0.2, 0.25) is 5.91 Å². The number of aromatic nitrogens is 1. The first-order valence-electron chi connectivity index (χ1n) is 7.23. The maximum atomic E-state index is 11.9. The van der Waals surface area contributed by atoms with Crippen molar-refractivity contribution in [3.05, 3.63) is 28.2 Å². The average molecular weight is 360 g/mol. The molecule has 1 aliphatic rings. The van der Waals surface area contributed by atoms with Crippen molar-refractivity contribution in [1.29, 1.82) is 0 Å². The lowest BCUT2D eigenvalue weighted by Gasteiger charge is -2.07. The Bertz CT molecular complexity index is 641. The predicted molar refractivity (Wildman–Crippen MR) is 93.9 cm³/mol. The fourth-order valence-corrected chi connectivity index (χ4v) is 3.64. The van der Waals surface area contributed by atoms with E-state index in [1.165, 1.54) is 6.42 Å². The Morgan fingerprint density at radius 2 is 2.36 bits per heavy atom. The Hall–Kier alpha value is -0.880. The van der Waals surface area contributed by atoms with Crippen LogP contribution in [0.25, 0.3) is 10.2 Å². The third-order valence-corrected chi connectivity index (χ3v) is 5.04. The molecule has 0 saturated carbocycles. The van der Waals surface area contributed by atoms with Gasteiger partial charge in [-0.2, -0.15) is 0 Å². The van der Waals surface area contributed by atoms with Crippen molar-refractivity contribution in [2.45, 2.75) is 25.8 Å². The zero-order valence-electron chi connectivity index (χ0n) is 12.1. The molecule has 1 amide bonds. The fraction of sp³-hybridized carbons (Fsp3) is 0.467. The van der Waals surface area contributed by atoms with Crippen molar-refractivity contribution in [1.82, 2.24) is 15.6 Å². The molecular formula is C15H19Cl2N3OS. The molecule has 1 aromatic carbocycles. The van der Waals surface area contributed by atoms with E-state index in [-0.39, 0.29) is 18.3 Å². The fourth-order valence-electron chi connectivity index (χ4n) is 2.58. The Balaban J connectivity index is 0.00000176. The van der Waals surface area contributed by atoms with Crippen molar-refractivity contribution in [2.75, 3.05) is 13.1 Å². The average Bonchev–Trinajstić information content (AvgIpc) is 3.11. The minimum atomic E-state index is 0. The highest BCUT2D eigenvalue weighted by Gasteiger charge is 2.15. The van der Waals surface area contributed by atoms with Crippen LogP contribution in [0, 0.1) is 5.92 Å². The standard InChI is InChI=1S/C15H18ClN3OS.ClH/c16-11-2-3-13-12(7-11)19-15(21-13)9-18-14(20)4-1-10-5-6-17-8-10;/h2-3,7,10,17H,1,4-6,8-9H2,(H,18,20);1H. The number of amides is 1. The summed E-state index contributed by atoms with van der Waals surface area (Å²) in [7, 11) is 0. The Morgan fingerprint density at radius 3 is 3.14 bits per heavy atom. The van der Waals surface area contributed by atoms with Gasteiger partial charge in [0.15, 0.2) is 0 Å². The number of carbonyl (C=O) groups is 1. The topological polar surface area (TPSA) is 54.0 Å². The Kier molecular flexibility index (Phi) is 6.44. The van der Waals surface area contributed by atoms with Gasteiger partial charge in [-0.1, -0.05) is 11.6 Å². The number of carbonyl (C=O) groups excluding carboxylic acids is 1. The minimum Gasteiger partial charge on any atom is -0.350 e. The lowest BCUT2D eigenvalue weighted by Crippen LogP contribution is -2.23.